The molecule has 11 nitrogen and oxygen atoms in total. The number of hydrogen-bond donors (Lipinski definition) is 2. The summed E-state index contributed by atoms with van der Waals surface area (Å²) in [6, 6.07) is 34.8. The molecule has 0 saturated heterocycles. The number of esters is 1. The van der Waals surface area contributed by atoms with Crippen molar-refractivity contribution >= 4 is 45.8 Å². The first-order chi connectivity index (χ1) is 26.7. The Morgan fingerprint density at radius 3 is 2.38 bits per heavy atom. The predicted molar refractivity (Wildman–Crippen MR) is 205 cm³/mol. The molecule has 1 amide bonds. The summed E-state index contributed by atoms with van der Waals surface area (Å²) < 4.78 is 22.6. The van der Waals surface area contributed by atoms with Crippen molar-refractivity contribution in [3.05, 3.63) is 155 Å². The van der Waals surface area contributed by atoms with Crippen molar-refractivity contribution in [3.63, 3.8) is 0 Å². The number of aliphatic hydroxyl groups is 1. The van der Waals surface area contributed by atoms with Crippen molar-refractivity contribution in [2.75, 3.05) is 6.79 Å². The molecule has 0 fully saturated rings. The number of fused-ring (bicyclic) bond motifs is 3. The van der Waals surface area contributed by atoms with Gasteiger partial charge >= 0.3 is 11.9 Å². The number of carboxylic acids is 1. The number of nitrogens with zero attached hydrogens (tertiary/aromatic N) is 2. The number of aliphatic hydroxyl groups excluding tert-OH is 1. The Morgan fingerprint density at radius 1 is 0.836 bits per heavy atom. The Bertz CT molecular complexity index is 2380. The van der Waals surface area contributed by atoms with Crippen LogP contribution in [-0.4, -0.2) is 50.8 Å². The first-order valence-corrected chi connectivity index (χ1v) is 17.8. The third kappa shape index (κ3) is 8.52. The first kappa shape index (κ1) is 36.5. The van der Waals surface area contributed by atoms with Crippen molar-refractivity contribution in [1.29, 1.82) is 0 Å². The van der Waals surface area contributed by atoms with Crippen molar-refractivity contribution in [2.24, 2.45) is 0 Å². The molecule has 1 aromatic heterocycles. The van der Waals surface area contributed by atoms with Gasteiger partial charge in [0.25, 0.3) is 5.91 Å². The van der Waals surface area contributed by atoms with E-state index in [4.69, 9.17) is 18.6 Å². The molecule has 6 aromatic rings. The highest BCUT2D eigenvalue weighted by molar-refractivity contribution is 6.03. The van der Waals surface area contributed by atoms with Gasteiger partial charge in [0.2, 0.25) is 12.7 Å². The molecular weight excluding hydrogens is 700 g/mol. The molecule has 0 bridgehead atoms. The van der Waals surface area contributed by atoms with E-state index in [-0.39, 0.29) is 19.9 Å². The van der Waals surface area contributed by atoms with Crippen LogP contribution in [0.2, 0.25) is 0 Å². The Balaban J connectivity index is 1.26. The summed E-state index contributed by atoms with van der Waals surface area (Å²) in [6.45, 7) is 1.76. The third-order valence-corrected chi connectivity index (χ3v) is 9.56. The van der Waals surface area contributed by atoms with E-state index in [1.54, 1.807) is 36.4 Å². The zero-order valence-electron chi connectivity index (χ0n) is 30.0. The van der Waals surface area contributed by atoms with Gasteiger partial charge in [-0.15, -0.1) is 0 Å². The average Bonchev–Trinajstić information content (AvgIpc) is 3.86. The molecule has 0 radical (unpaired) electrons. The number of benzene rings is 5. The van der Waals surface area contributed by atoms with Crippen LogP contribution in [0.4, 0.5) is 0 Å². The lowest BCUT2D eigenvalue weighted by Crippen LogP contribution is -2.43. The van der Waals surface area contributed by atoms with Gasteiger partial charge in [-0.25, -0.2) is 9.78 Å². The zero-order chi connectivity index (χ0) is 38.3. The molecule has 1 aliphatic heterocycles. The van der Waals surface area contributed by atoms with E-state index in [0.29, 0.717) is 35.0 Å². The molecule has 0 unspecified atom stereocenters. The molecular formula is C44H38N2O9. The molecule has 55 heavy (non-hydrogen) atoms. The lowest BCUT2D eigenvalue weighted by atomic mass is 9.87. The van der Waals surface area contributed by atoms with Crippen LogP contribution in [0.3, 0.4) is 0 Å². The van der Waals surface area contributed by atoms with Gasteiger partial charge in [0, 0.05) is 18.5 Å². The maximum atomic E-state index is 14.6. The molecule has 1 aliphatic rings. The number of rotatable bonds is 14. The number of oxazole rings is 1. The third-order valence-electron chi connectivity index (χ3n) is 9.56. The molecule has 7 rings (SSSR count). The van der Waals surface area contributed by atoms with Gasteiger partial charge in [-0.3, -0.25) is 9.59 Å². The molecule has 5 aromatic carbocycles. The highest BCUT2D eigenvalue weighted by Crippen LogP contribution is 2.38. The molecule has 0 aliphatic carbocycles. The molecule has 0 saturated carbocycles. The SMILES string of the molecule is C[C@H]([C@H](CC=Cc1nc2ccccc2o1)c1ccc2c(c1)OCO2)N(Cc1ccc2ccccc2c1)C(=O)C(O)=C(CC(=O)O)C(=O)OCc1ccccc1. The van der Waals surface area contributed by atoms with E-state index in [0.717, 1.165) is 27.4 Å². The summed E-state index contributed by atoms with van der Waals surface area (Å²) in [5, 5.41) is 23.3. The molecule has 2 atom stereocenters. The topological polar surface area (TPSA) is 149 Å². The highest BCUT2D eigenvalue weighted by Gasteiger charge is 2.34. The minimum Gasteiger partial charge on any atom is -0.503 e. The summed E-state index contributed by atoms with van der Waals surface area (Å²) in [5.74, 6) is -3.31. The summed E-state index contributed by atoms with van der Waals surface area (Å²) >= 11 is 0. The quantitative estimate of drug-likeness (QED) is 0.0635. The lowest BCUT2D eigenvalue weighted by molar-refractivity contribution is -0.144. The van der Waals surface area contributed by atoms with Crippen molar-refractivity contribution in [3.8, 4) is 11.5 Å². The number of ether oxygens (including phenoxy) is 3. The van der Waals surface area contributed by atoms with Gasteiger partial charge in [0.15, 0.2) is 22.8 Å². The summed E-state index contributed by atoms with van der Waals surface area (Å²) in [6.07, 6.45) is 3.13. The largest absolute Gasteiger partial charge is 0.503 e. The predicted octanol–water partition coefficient (Wildman–Crippen LogP) is 8.34. The van der Waals surface area contributed by atoms with Crippen LogP contribution in [0, 0.1) is 0 Å². The van der Waals surface area contributed by atoms with E-state index in [9.17, 15) is 24.6 Å². The van der Waals surface area contributed by atoms with Gasteiger partial charge in [-0.1, -0.05) is 91.0 Å². The number of aliphatic carboxylic acids is 1. The molecule has 278 valence electrons. The number of amides is 1. The zero-order valence-corrected chi connectivity index (χ0v) is 30.0. The van der Waals surface area contributed by atoms with Gasteiger partial charge in [-0.2, -0.15) is 0 Å². The maximum absolute atomic E-state index is 14.6. The van der Waals surface area contributed by atoms with Gasteiger partial charge in [-0.05, 0) is 77.2 Å². The standard InChI is InChI=1S/C44H38N2O9/c1-28(34(33-20-21-38-39(23-33)54-27-53-38)14-9-17-40-45-36-15-7-8-16-37(36)55-40)46(25-30-18-19-31-12-5-6-13-32(31)22-30)43(50)42(49)35(24-41(47)48)44(51)52-26-29-10-3-2-4-11-29/h2-13,15-23,28,34,49H,14,24-27H2,1H3,(H,47,48)/t28-,34+/m1/s1. The minimum atomic E-state index is -1.41. The Labute approximate surface area is 316 Å². The van der Waals surface area contributed by atoms with E-state index in [1.807, 2.05) is 97.9 Å². The number of carboxylic acid groups (broad SMARTS) is 1. The number of para-hydroxylation sites is 2. The van der Waals surface area contributed by atoms with Gasteiger partial charge in [0.05, 0.1) is 12.0 Å². The number of hydrogen-bond acceptors (Lipinski definition) is 9. The number of aromatic nitrogens is 1. The fraction of sp³-hybridized carbons (Fsp3) is 0.182. The normalized spacial score (nSPS) is 13.8. The summed E-state index contributed by atoms with van der Waals surface area (Å²) in [5.41, 5.74) is 2.93. The van der Waals surface area contributed by atoms with Crippen molar-refractivity contribution in [1.82, 2.24) is 9.88 Å². The minimum absolute atomic E-state index is 0.0181. The van der Waals surface area contributed by atoms with E-state index < -0.39 is 47.6 Å². The summed E-state index contributed by atoms with van der Waals surface area (Å²) in [4.78, 5) is 46.0. The van der Waals surface area contributed by atoms with E-state index >= 15 is 0 Å². The van der Waals surface area contributed by atoms with E-state index in [2.05, 4.69) is 4.98 Å². The molecule has 2 N–H and O–H groups in total. The molecule has 2 heterocycles. The average molecular weight is 739 g/mol. The summed E-state index contributed by atoms with van der Waals surface area (Å²) in [7, 11) is 0. The lowest BCUT2D eigenvalue weighted by Gasteiger charge is -2.35. The Hall–Kier alpha value is -6.88. The van der Waals surface area contributed by atoms with Gasteiger partial charge in [0.1, 0.15) is 12.1 Å². The second kappa shape index (κ2) is 16.4. The molecule has 0 spiro atoms. The van der Waals surface area contributed by atoms with Crippen LogP contribution in [0.1, 0.15) is 48.3 Å². The fourth-order valence-corrected chi connectivity index (χ4v) is 6.66. The van der Waals surface area contributed by atoms with Crippen molar-refractivity contribution in [2.45, 2.75) is 44.9 Å². The van der Waals surface area contributed by atoms with Crippen LogP contribution in [-0.2, 0) is 32.3 Å². The number of allylic oxidation sites excluding steroid dienone is 1. The fourth-order valence-electron chi connectivity index (χ4n) is 6.66. The van der Waals surface area contributed by atoms with Gasteiger partial charge < -0.3 is 33.7 Å². The molecule has 11 heteroatoms. The second-order valence-electron chi connectivity index (χ2n) is 13.2. The van der Waals surface area contributed by atoms with Crippen LogP contribution in [0.5, 0.6) is 11.5 Å². The Morgan fingerprint density at radius 2 is 1.58 bits per heavy atom. The van der Waals surface area contributed by atoms with Crippen LogP contribution >= 0.6 is 0 Å². The van der Waals surface area contributed by atoms with E-state index in [1.165, 1.54) is 4.90 Å². The van der Waals surface area contributed by atoms with Crippen LogP contribution < -0.4 is 9.47 Å². The first-order valence-electron chi connectivity index (χ1n) is 17.8. The van der Waals surface area contributed by atoms with Crippen LogP contribution in [0.15, 0.2) is 137 Å². The highest BCUT2D eigenvalue weighted by atomic mass is 16.7. The maximum Gasteiger partial charge on any atom is 0.338 e. The monoisotopic (exact) mass is 738 g/mol. The van der Waals surface area contributed by atoms with Crippen molar-refractivity contribution < 1.29 is 43.2 Å². The second-order valence-corrected chi connectivity index (χ2v) is 13.2. The number of carbonyl (C=O) groups excluding carboxylic acids is 2. The number of carbonyl (C=O) groups is 3. The van der Waals surface area contributed by atoms with Crippen LogP contribution in [0.25, 0.3) is 27.9 Å². The Kier molecular flexibility index (Phi) is 10.9. The smallest absolute Gasteiger partial charge is 0.338 e.